The van der Waals surface area contributed by atoms with E-state index in [-0.39, 0.29) is 18.6 Å². The highest BCUT2D eigenvalue weighted by molar-refractivity contribution is 14.1. The van der Waals surface area contributed by atoms with Crippen LogP contribution in [0.3, 0.4) is 0 Å². The average molecular weight is 361 g/mol. The van der Waals surface area contributed by atoms with Gasteiger partial charge in [-0.3, -0.25) is 4.79 Å². The highest BCUT2D eigenvalue weighted by Crippen LogP contribution is 2.17. The molecule has 0 saturated carbocycles. The molecular weight excluding hydrogens is 341 g/mol. The summed E-state index contributed by atoms with van der Waals surface area (Å²) in [5.41, 5.74) is 1.81. The van der Waals surface area contributed by atoms with E-state index in [2.05, 4.69) is 27.9 Å². The van der Waals surface area contributed by atoms with E-state index in [1.54, 1.807) is 0 Å². The molecule has 0 aromatic heterocycles. The van der Waals surface area contributed by atoms with Gasteiger partial charge in [0.2, 0.25) is 0 Å². The van der Waals surface area contributed by atoms with Crippen molar-refractivity contribution >= 4 is 28.5 Å². The number of aryl methyl sites for hydroxylation is 1. The van der Waals surface area contributed by atoms with E-state index in [9.17, 15) is 4.79 Å². The largest absolute Gasteiger partial charge is 0.396 e. The molecule has 3 nitrogen and oxygen atoms in total. The molecule has 1 unspecified atom stereocenters. The van der Waals surface area contributed by atoms with Gasteiger partial charge < -0.3 is 10.4 Å². The van der Waals surface area contributed by atoms with Gasteiger partial charge in [-0.25, -0.2) is 0 Å². The average Bonchev–Trinajstić information content (AvgIpc) is 2.31. The lowest BCUT2D eigenvalue weighted by Gasteiger charge is -2.22. The second-order valence-electron chi connectivity index (χ2n) is 4.77. The van der Waals surface area contributed by atoms with Crippen LogP contribution in [0.5, 0.6) is 0 Å². The van der Waals surface area contributed by atoms with E-state index in [0.717, 1.165) is 9.13 Å². The number of carbonyl (C=O) groups is 1. The van der Waals surface area contributed by atoms with Crippen LogP contribution in [0.1, 0.15) is 36.2 Å². The van der Waals surface area contributed by atoms with Gasteiger partial charge in [0.05, 0.1) is 5.56 Å². The summed E-state index contributed by atoms with van der Waals surface area (Å²) in [4.78, 5) is 12.2. The summed E-state index contributed by atoms with van der Waals surface area (Å²) >= 11 is 2.20. The van der Waals surface area contributed by atoms with Gasteiger partial charge in [0, 0.05) is 16.2 Å². The van der Waals surface area contributed by atoms with Crippen molar-refractivity contribution in [2.75, 3.05) is 6.61 Å². The number of benzene rings is 1. The van der Waals surface area contributed by atoms with Crippen LogP contribution in [-0.2, 0) is 0 Å². The topological polar surface area (TPSA) is 49.3 Å². The molecule has 100 valence electrons. The molecule has 0 heterocycles. The van der Waals surface area contributed by atoms with Crippen molar-refractivity contribution in [1.82, 2.24) is 5.32 Å². The summed E-state index contributed by atoms with van der Waals surface area (Å²) in [7, 11) is 0. The summed E-state index contributed by atoms with van der Waals surface area (Å²) < 4.78 is 0.985. The first-order valence-corrected chi connectivity index (χ1v) is 7.22. The fourth-order valence-electron chi connectivity index (χ4n) is 1.78. The molecule has 0 saturated heterocycles. The lowest BCUT2D eigenvalue weighted by Crippen LogP contribution is -2.39. The predicted octanol–water partition coefficient (Wildman–Crippen LogP) is 2.74. The highest BCUT2D eigenvalue weighted by atomic mass is 127. The van der Waals surface area contributed by atoms with Crippen LogP contribution >= 0.6 is 22.6 Å². The van der Waals surface area contributed by atoms with Crippen molar-refractivity contribution in [2.45, 2.75) is 33.2 Å². The van der Waals surface area contributed by atoms with Crippen molar-refractivity contribution in [1.29, 1.82) is 0 Å². The first-order valence-electron chi connectivity index (χ1n) is 6.14. The number of halogens is 1. The first kappa shape index (κ1) is 15.4. The second kappa shape index (κ2) is 7.09. The predicted molar refractivity (Wildman–Crippen MR) is 81.7 cm³/mol. The third-order valence-corrected chi connectivity index (χ3v) is 4.43. The molecular formula is C14H20INO2. The van der Waals surface area contributed by atoms with E-state index in [1.807, 2.05) is 39.0 Å². The Bertz CT molecular complexity index is 418. The van der Waals surface area contributed by atoms with Crippen LogP contribution in [0.15, 0.2) is 18.2 Å². The quantitative estimate of drug-likeness (QED) is 0.793. The maximum Gasteiger partial charge on any atom is 0.252 e. The van der Waals surface area contributed by atoms with E-state index >= 15 is 0 Å². The Morgan fingerprint density at radius 2 is 2.11 bits per heavy atom. The van der Waals surface area contributed by atoms with Crippen LogP contribution < -0.4 is 5.32 Å². The van der Waals surface area contributed by atoms with E-state index in [0.29, 0.717) is 17.9 Å². The van der Waals surface area contributed by atoms with Crippen LogP contribution in [0.25, 0.3) is 0 Å². The number of rotatable bonds is 5. The Labute approximate surface area is 122 Å². The molecule has 18 heavy (non-hydrogen) atoms. The monoisotopic (exact) mass is 361 g/mol. The molecule has 1 atom stereocenters. The SMILES string of the molecule is Cc1cccc(C(=O)NC(CCO)C(C)C)c1I. The van der Waals surface area contributed by atoms with Crippen molar-refractivity contribution in [3.8, 4) is 0 Å². The van der Waals surface area contributed by atoms with Crippen molar-refractivity contribution in [2.24, 2.45) is 5.92 Å². The van der Waals surface area contributed by atoms with Gasteiger partial charge in [-0.2, -0.15) is 0 Å². The molecule has 0 radical (unpaired) electrons. The minimum atomic E-state index is -0.0600. The normalized spacial score (nSPS) is 12.6. The molecule has 0 aliphatic rings. The third-order valence-electron chi connectivity index (χ3n) is 3.00. The Balaban J connectivity index is 2.84. The Morgan fingerprint density at radius 1 is 1.44 bits per heavy atom. The molecule has 0 spiro atoms. The molecule has 0 aliphatic carbocycles. The van der Waals surface area contributed by atoms with Gasteiger partial charge in [-0.1, -0.05) is 26.0 Å². The minimum absolute atomic E-state index is 0.0128. The standard InChI is InChI=1S/C14H20INO2/c1-9(2)12(7-8-17)16-14(18)11-6-4-5-10(3)13(11)15/h4-6,9,12,17H,7-8H2,1-3H3,(H,16,18). The highest BCUT2D eigenvalue weighted by Gasteiger charge is 2.18. The van der Waals surface area contributed by atoms with Crippen LogP contribution in [0, 0.1) is 16.4 Å². The summed E-state index contributed by atoms with van der Waals surface area (Å²) in [6, 6.07) is 5.73. The molecule has 0 bridgehead atoms. The van der Waals surface area contributed by atoms with Crippen molar-refractivity contribution in [3.63, 3.8) is 0 Å². The van der Waals surface area contributed by atoms with Crippen molar-refractivity contribution < 1.29 is 9.90 Å². The van der Waals surface area contributed by atoms with E-state index in [4.69, 9.17) is 5.11 Å². The first-order chi connectivity index (χ1) is 8.47. The maximum atomic E-state index is 12.2. The van der Waals surface area contributed by atoms with Crippen LogP contribution in [0.2, 0.25) is 0 Å². The van der Waals surface area contributed by atoms with Crippen LogP contribution in [-0.4, -0.2) is 23.7 Å². The Hall–Kier alpha value is -0.620. The van der Waals surface area contributed by atoms with Gasteiger partial charge >= 0.3 is 0 Å². The zero-order valence-electron chi connectivity index (χ0n) is 11.0. The Kier molecular flexibility index (Phi) is 6.08. The number of carbonyl (C=O) groups excluding carboxylic acids is 1. The Morgan fingerprint density at radius 3 is 2.67 bits per heavy atom. The summed E-state index contributed by atoms with van der Waals surface area (Å²) in [6.07, 6.45) is 0.589. The van der Waals surface area contributed by atoms with Gasteiger partial charge in [-0.15, -0.1) is 0 Å². The fraction of sp³-hybridized carbons (Fsp3) is 0.500. The maximum absolute atomic E-state index is 12.2. The number of hydrogen-bond donors (Lipinski definition) is 2. The molecule has 1 rings (SSSR count). The molecule has 1 aromatic carbocycles. The zero-order valence-corrected chi connectivity index (χ0v) is 13.2. The lowest BCUT2D eigenvalue weighted by molar-refractivity contribution is 0.0915. The smallest absolute Gasteiger partial charge is 0.252 e. The second-order valence-corrected chi connectivity index (χ2v) is 5.85. The molecule has 4 heteroatoms. The molecule has 1 amide bonds. The van der Waals surface area contributed by atoms with Crippen molar-refractivity contribution in [3.05, 3.63) is 32.9 Å². The number of nitrogens with one attached hydrogen (secondary N) is 1. The minimum Gasteiger partial charge on any atom is -0.396 e. The van der Waals surface area contributed by atoms with Gasteiger partial charge in [0.25, 0.3) is 5.91 Å². The lowest BCUT2D eigenvalue weighted by atomic mass is 10.0. The number of aliphatic hydroxyl groups excluding tert-OH is 1. The van der Waals surface area contributed by atoms with E-state index in [1.165, 1.54) is 0 Å². The van der Waals surface area contributed by atoms with E-state index < -0.39 is 0 Å². The van der Waals surface area contributed by atoms with Gasteiger partial charge in [-0.05, 0) is 53.5 Å². The zero-order chi connectivity index (χ0) is 13.7. The number of aliphatic hydroxyl groups is 1. The van der Waals surface area contributed by atoms with Crippen LogP contribution in [0.4, 0.5) is 0 Å². The van der Waals surface area contributed by atoms with Gasteiger partial charge in [0.1, 0.15) is 0 Å². The molecule has 0 aliphatic heterocycles. The molecule has 1 aromatic rings. The fourth-order valence-corrected chi connectivity index (χ4v) is 2.38. The molecule has 0 fully saturated rings. The third kappa shape index (κ3) is 3.95. The molecule has 2 N–H and O–H groups in total. The summed E-state index contributed by atoms with van der Waals surface area (Å²) in [5, 5.41) is 12.0. The summed E-state index contributed by atoms with van der Waals surface area (Å²) in [6.45, 7) is 6.17. The van der Waals surface area contributed by atoms with Gasteiger partial charge in [0.15, 0.2) is 0 Å². The number of hydrogen-bond acceptors (Lipinski definition) is 2. The number of amides is 1. The summed E-state index contributed by atoms with van der Waals surface area (Å²) in [5.74, 6) is 0.249.